The van der Waals surface area contributed by atoms with Crippen LogP contribution in [0.3, 0.4) is 0 Å². The Balaban J connectivity index is 1.53. The Morgan fingerprint density at radius 2 is 1.94 bits per heavy atom. The zero-order valence-corrected chi connectivity index (χ0v) is 19.8. The van der Waals surface area contributed by atoms with Gasteiger partial charge in [-0.05, 0) is 62.0 Å². The molecule has 4 rings (SSSR count). The normalized spacial score (nSPS) is 11.9. The van der Waals surface area contributed by atoms with E-state index in [9.17, 15) is 14.4 Å². The van der Waals surface area contributed by atoms with Crippen molar-refractivity contribution in [2.24, 2.45) is 0 Å². The lowest BCUT2D eigenvalue weighted by Gasteiger charge is -2.14. The molecular weight excluding hydrogens is 454 g/mol. The lowest BCUT2D eigenvalue weighted by Crippen LogP contribution is -2.24. The topological polar surface area (TPSA) is 111 Å². The van der Waals surface area contributed by atoms with E-state index in [1.807, 2.05) is 24.4 Å². The fraction of sp³-hybridized carbons (Fsp3) is 0.240. The summed E-state index contributed by atoms with van der Waals surface area (Å²) in [6.45, 7) is 5.16. The molecule has 9 heteroatoms. The SMILES string of the molecule is CCCC(=O)Nc1ccc(C(=O)C(C)OC(=O)c2cc(-c3cccs3)nc3onc(C)c23)cc1. The Morgan fingerprint density at radius 3 is 2.62 bits per heavy atom. The zero-order chi connectivity index (χ0) is 24.2. The molecule has 1 aromatic carbocycles. The highest BCUT2D eigenvalue weighted by Gasteiger charge is 2.25. The lowest BCUT2D eigenvalue weighted by molar-refractivity contribution is -0.116. The molecule has 174 valence electrons. The minimum absolute atomic E-state index is 0.0847. The van der Waals surface area contributed by atoms with Gasteiger partial charge in [-0.2, -0.15) is 0 Å². The Hall–Kier alpha value is -3.85. The minimum atomic E-state index is -1.03. The smallest absolute Gasteiger partial charge is 0.339 e. The molecule has 34 heavy (non-hydrogen) atoms. The van der Waals surface area contributed by atoms with E-state index in [2.05, 4.69) is 15.5 Å². The van der Waals surface area contributed by atoms with E-state index in [-0.39, 0.29) is 23.0 Å². The monoisotopic (exact) mass is 477 g/mol. The second-order valence-corrected chi connectivity index (χ2v) is 8.72. The van der Waals surface area contributed by atoms with Crippen LogP contribution in [0.4, 0.5) is 5.69 Å². The summed E-state index contributed by atoms with van der Waals surface area (Å²) in [6.07, 6.45) is 0.148. The predicted molar refractivity (Wildman–Crippen MR) is 129 cm³/mol. The summed E-state index contributed by atoms with van der Waals surface area (Å²) in [5, 5.41) is 9.06. The molecule has 0 aliphatic rings. The van der Waals surface area contributed by atoms with Crippen LogP contribution in [0.2, 0.25) is 0 Å². The first-order valence-electron chi connectivity index (χ1n) is 10.8. The molecule has 0 radical (unpaired) electrons. The lowest BCUT2D eigenvalue weighted by atomic mass is 10.1. The largest absolute Gasteiger partial charge is 0.451 e. The molecule has 3 heterocycles. The molecule has 1 unspecified atom stereocenters. The van der Waals surface area contributed by atoms with Gasteiger partial charge in [0.25, 0.3) is 5.71 Å². The van der Waals surface area contributed by atoms with Crippen LogP contribution >= 0.6 is 11.3 Å². The Labute approximate surface area is 199 Å². The summed E-state index contributed by atoms with van der Waals surface area (Å²) < 4.78 is 10.8. The molecule has 0 aliphatic heterocycles. The summed E-state index contributed by atoms with van der Waals surface area (Å²) in [6, 6.07) is 11.9. The van der Waals surface area contributed by atoms with Crippen molar-refractivity contribution in [2.45, 2.75) is 39.7 Å². The summed E-state index contributed by atoms with van der Waals surface area (Å²) in [4.78, 5) is 43.0. The number of amides is 1. The third-order valence-electron chi connectivity index (χ3n) is 5.19. The van der Waals surface area contributed by atoms with Gasteiger partial charge in [0.2, 0.25) is 11.7 Å². The van der Waals surface area contributed by atoms with Gasteiger partial charge in [-0.15, -0.1) is 11.3 Å². The van der Waals surface area contributed by atoms with Crippen molar-refractivity contribution >= 4 is 45.8 Å². The van der Waals surface area contributed by atoms with Crippen LogP contribution in [0.1, 0.15) is 53.1 Å². The number of hydrogen-bond acceptors (Lipinski definition) is 8. The number of fused-ring (bicyclic) bond motifs is 1. The first-order valence-corrected chi connectivity index (χ1v) is 11.7. The number of aromatic nitrogens is 2. The van der Waals surface area contributed by atoms with Crippen molar-refractivity contribution in [1.29, 1.82) is 0 Å². The van der Waals surface area contributed by atoms with Crippen molar-refractivity contribution in [3.63, 3.8) is 0 Å². The highest BCUT2D eigenvalue weighted by molar-refractivity contribution is 7.13. The van der Waals surface area contributed by atoms with Crippen LogP contribution in [0.25, 0.3) is 21.7 Å². The molecule has 0 spiro atoms. The fourth-order valence-electron chi connectivity index (χ4n) is 3.49. The van der Waals surface area contributed by atoms with Crippen molar-refractivity contribution < 1.29 is 23.6 Å². The van der Waals surface area contributed by atoms with Gasteiger partial charge in [0.15, 0.2) is 6.10 Å². The highest BCUT2D eigenvalue weighted by atomic mass is 32.1. The number of ketones is 1. The number of rotatable bonds is 8. The summed E-state index contributed by atoms with van der Waals surface area (Å²) in [5.74, 6) is -1.11. The van der Waals surface area contributed by atoms with Gasteiger partial charge in [0.05, 0.1) is 27.2 Å². The van der Waals surface area contributed by atoms with Crippen LogP contribution < -0.4 is 5.32 Å². The highest BCUT2D eigenvalue weighted by Crippen LogP contribution is 2.30. The van der Waals surface area contributed by atoms with Crippen molar-refractivity contribution in [3.8, 4) is 10.6 Å². The number of pyridine rings is 1. The van der Waals surface area contributed by atoms with E-state index < -0.39 is 12.1 Å². The van der Waals surface area contributed by atoms with Crippen LogP contribution in [-0.2, 0) is 9.53 Å². The maximum atomic E-state index is 13.1. The molecule has 0 fully saturated rings. The van der Waals surface area contributed by atoms with Gasteiger partial charge >= 0.3 is 5.97 Å². The second-order valence-electron chi connectivity index (χ2n) is 7.77. The summed E-state index contributed by atoms with van der Waals surface area (Å²) >= 11 is 1.48. The van der Waals surface area contributed by atoms with Gasteiger partial charge in [0.1, 0.15) is 0 Å². The molecule has 0 saturated heterocycles. The maximum Gasteiger partial charge on any atom is 0.339 e. The van der Waals surface area contributed by atoms with Gasteiger partial charge in [0, 0.05) is 17.7 Å². The molecule has 1 N–H and O–H groups in total. The average Bonchev–Trinajstić information content (AvgIpc) is 3.49. The molecule has 4 aromatic rings. The van der Waals surface area contributed by atoms with E-state index in [4.69, 9.17) is 9.26 Å². The molecule has 0 aliphatic carbocycles. The van der Waals surface area contributed by atoms with Crippen molar-refractivity contribution in [2.75, 3.05) is 5.32 Å². The fourth-order valence-corrected chi connectivity index (χ4v) is 4.17. The number of carbonyl (C=O) groups is 3. The maximum absolute atomic E-state index is 13.1. The number of Topliss-reactive ketones (excluding diaryl/α,β-unsaturated/α-hetero) is 1. The first-order chi connectivity index (χ1) is 16.4. The predicted octanol–water partition coefficient (Wildman–Crippen LogP) is 5.43. The van der Waals surface area contributed by atoms with E-state index >= 15 is 0 Å². The number of nitrogens with zero attached hydrogens (tertiary/aromatic N) is 2. The van der Waals surface area contributed by atoms with Crippen LogP contribution in [0.15, 0.2) is 52.4 Å². The average molecular weight is 478 g/mol. The molecule has 3 aromatic heterocycles. The van der Waals surface area contributed by atoms with Gasteiger partial charge in [-0.1, -0.05) is 18.1 Å². The molecule has 1 amide bonds. The van der Waals surface area contributed by atoms with Gasteiger partial charge < -0.3 is 14.6 Å². The first kappa shape index (κ1) is 23.3. The van der Waals surface area contributed by atoms with Crippen molar-refractivity contribution in [3.05, 3.63) is 64.7 Å². The Morgan fingerprint density at radius 1 is 1.18 bits per heavy atom. The number of thiophene rings is 1. The van der Waals surface area contributed by atoms with E-state index in [0.717, 1.165) is 11.3 Å². The molecular formula is C25H23N3O5S. The number of benzene rings is 1. The van der Waals surface area contributed by atoms with E-state index in [1.165, 1.54) is 18.3 Å². The molecule has 0 bridgehead atoms. The number of anilines is 1. The second kappa shape index (κ2) is 9.96. The molecule has 1 atom stereocenters. The van der Waals surface area contributed by atoms with E-state index in [0.29, 0.717) is 34.4 Å². The van der Waals surface area contributed by atoms with Gasteiger partial charge in [-0.3, -0.25) is 9.59 Å². The van der Waals surface area contributed by atoms with E-state index in [1.54, 1.807) is 37.3 Å². The van der Waals surface area contributed by atoms with Crippen LogP contribution in [-0.4, -0.2) is 33.9 Å². The third kappa shape index (κ3) is 4.89. The number of carbonyl (C=O) groups excluding carboxylic acids is 3. The number of nitrogens with one attached hydrogen (secondary N) is 1. The number of esters is 1. The Kier molecular flexibility index (Phi) is 6.83. The minimum Gasteiger partial charge on any atom is -0.451 e. The van der Waals surface area contributed by atoms with Crippen LogP contribution in [0, 0.1) is 6.92 Å². The zero-order valence-electron chi connectivity index (χ0n) is 19.0. The summed E-state index contributed by atoms with van der Waals surface area (Å²) in [7, 11) is 0. The number of hydrogen-bond donors (Lipinski definition) is 1. The van der Waals surface area contributed by atoms with Crippen molar-refractivity contribution in [1.82, 2.24) is 10.1 Å². The van der Waals surface area contributed by atoms with Gasteiger partial charge in [-0.25, -0.2) is 9.78 Å². The third-order valence-corrected chi connectivity index (χ3v) is 6.09. The molecule has 8 nitrogen and oxygen atoms in total. The standard InChI is InChI=1S/C25H23N3O5S/c1-4-6-21(29)26-17-10-8-16(9-11-17)23(30)15(3)32-25(31)18-13-19(20-7-5-12-34-20)27-24-22(18)14(2)28-33-24/h5,7-13,15H,4,6H2,1-3H3,(H,26,29). The van der Waals surface area contributed by atoms with Crippen LogP contribution in [0.5, 0.6) is 0 Å². The number of ether oxygens (including phenoxy) is 1. The molecule has 0 saturated carbocycles. The Bertz CT molecular complexity index is 1340. The summed E-state index contributed by atoms with van der Waals surface area (Å²) in [5.41, 5.74) is 2.50. The quantitative estimate of drug-likeness (QED) is 0.266. The number of aryl methyl sites for hydroxylation is 1.